The number of nitrogens with one attached hydrogen (secondary N) is 1. The third-order valence-corrected chi connectivity index (χ3v) is 3.36. The molecule has 2 atom stereocenters. The lowest BCUT2D eigenvalue weighted by Crippen LogP contribution is -2.35. The largest absolute Gasteiger partial charge is 0.392 e. The first-order valence-corrected chi connectivity index (χ1v) is 6.13. The summed E-state index contributed by atoms with van der Waals surface area (Å²) in [6, 6.07) is 0.268. The molecule has 0 saturated heterocycles. The average Bonchev–Trinajstić information content (AvgIpc) is 2.81. The first kappa shape index (κ1) is 11.6. The van der Waals surface area contributed by atoms with Gasteiger partial charge in [0.2, 0.25) is 0 Å². The predicted octanol–water partition coefficient (Wildman–Crippen LogP) is 0.985. The first-order chi connectivity index (χ1) is 7.70. The predicted molar refractivity (Wildman–Crippen MR) is 63.1 cm³/mol. The van der Waals surface area contributed by atoms with Crippen molar-refractivity contribution in [3.05, 3.63) is 17.5 Å². The maximum atomic E-state index is 9.72. The van der Waals surface area contributed by atoms with Crippen LogP contribution in [0.1, 0.15) is 37.4 Å². The molecule has 2 N–H and O–H groups in total. The smallest absolute Gasteiger partial charge is 0.0693 e. The van der Waals surface area contributed by atoms with Gasteiger partial charge >= 0.3 is 0 Å². The minimum Gasteiger partial charge on any atom is -0.392 e. The van der Waals surface area contributed by atoms with Gasteiger partial charge in [0.25, 0.3) is 0 Å². The highest BCUT2D eigenvalue weighted by atomic mass is 16.3. The Morgan fingerprint density at radius 1 is 1.56 bits per heavy atom. The zero-order valence-corrected chi connectivity index (χ0v) is 10.1. The molecule has 1 heterocycles. The highest BCUT2D eigenvalue weighted by Crippen LogP contribution is 2.19. The second-order valence-corrected chi connectivity index (χ2v) is 4.61. The van der Waals surface area contributed by atoms with Crippen LogP contribution in [0.15, 0.2) is 6.20 Å². The first-order valence-electron chi connectivity index (χ1n) is 6.13. The third kappa shape index (κ3) is 2.44. The number of aromatic nitrogens is 2. The molecule has 1 aliphatic carbocycles. The molecule has 1 aliphatic rings. The average molecular weight is 223 g/mol. The van der Waals surface area contributed by atoms with E-state index in [9.17, 15) is 5.11 Å². The molecule has 0 bridgehead atoms. The molecule has 90 valence electrons. The quantitative estimate of drug-likeness (QED) is 0.800. The maximum Gasteiger partial charge on any atom is 0.0693 e. The Balaban J connectivity index is 1.93. The van der Waals surface area contributed by atoms with Crippen molar-refractivity contribution in [1.29, 1.82) is 0 Å². The van der Waals surface area contributed by atoms with Gasteiger partial charge < -0.3 is 10.4 Å². The van der Waals surface area contributed by atoms with Gasteiger partial charge in [-0.05, 0) is 25.7 Å². The molecule has 16 heavy (non-hydrogen) atoms. The summed E-state index contributed by atoms with van der Waals surface area (Å²) in [6.45, 7) is 2.94. The second-order valence-electron chi connectivity index (χ2n) is 4.61. The molecule has 4 heteroatoms. The molecule has 1 fully saturated rings. The van der Waals surface area contributed by atoms with Gasteiger partial charge in [-0.2, -0.15) is 5.10 Å². The van der Waals surface area contributed by atoms with Crippen LogP contribution in [-0.2, 0) is 20.0 Å². The van der Waals surface area contributed by atoms with Gasteiger partial charge in [-0.15, -0.1) is 0 Å². The van der Waals surface area contributed by atoms with Crippen molar-refractivity contribution in [2.75, 3.05) is 0 Å². The fraction of sp³-hybridized carbons (Fsp3) is 0.750. The number of hydrogen-bond acceptors (Lipinski definition) is 3. The lowest BCUT2D eigenvalue weighted by atomic mass is 10.1. The van der Waals surface area contributed by atoms with Crippen molar-refractivity contribution in [2.24, 2.45) is 7.05 Å². The number of hydrogen-bond donors (Lipinski definition) is 2. The fourth-order valence-corrected chi connectivity index (χ4v) is 2.45. The second kappa shape index (κ2) is 4.97. The van der Waals surface area contributed by atoms with Crippen molar-refractivity contribution < 1.29 is 5.11 Å². The van der Waals surface area contributed by atoms with Gasteiger partial charge in [0, 0.05) is 31.4 Å². The normalized spacial score (nSPS) is 25.2. The van der Waals surface area contributed by atoms with Crippen LogP contribution in [0, 0.1) is 0 Å². The minimum atomic E-state index is -0.165. The Kier molecular flexibility index (Phi) is 3.61. The minimum absolute atomic E-state index is 0.165. The van der Waals surface area contributed by atoms with E-state index in [1.54, 1.807) is 0 Å². The summed E-state index contributed by atoms with van der Waals surface area (Å²) >= 11 is 0. The summed E-state index contributed by atoms with van der Waals surface area (Å²) in [7, 11) is 1.95. The Bertz CT molecular complexity index is 348. The van der Waals surface area contributed by atoms with E-state index in [0.717, 1.165) is 37.9 Å². The summed E-state index contributed by atoms with van der Waals surface area (Å²) in [4.78, 5) is 0. The molecule has 0 aromatic carbocycles. The van der Waals surface area contributed by atoms with Crippen LogP contribution >= 0.6 is 0 Å². The third-order valence-electron chi connectivity index (χ3n) is 3.36. The zero-order chi connectivity index (χ0) is 11.5. The van der Waals surface area contributed by atoms with E-state index in [4.69, 9.17) is 0 Å². The Morgan fingerprint density at radius 3 is 3.00 bits per heavy atom. The SMILES string of the molecule is CCc1nn(C)cc1CN[C@@H]1CCC[C@H]1O. The van der Waals surface area contributed by atoms with Gasteiger partial charge in [-0.3, -0.25) is 4.68 Å². The van der Waals surface area contributed by atoms with Gasteiger partial charge in [0.15, 0.2) is 0 Å². The molecule has 0 aliphatic heterocycles. The molecular formula is C12H21N3O. The maximum absolute atomic E-state index is 9.72. The summed E-state index contributed by atoms with van der Waals surface area (Å²) in [5.74, 6) is 0. The molecule has 0 spiro atoms. The van der Waals surface area contributed by atoms with E-state index in [2.05, 4.69) is 23.5 Å². The molecular weight excluding hydrogens is 202 g/mol. The molecule has 2 rings (SSSR count). The van der Waals surface area contributed by atoms with Crippen LogP contribution < -0.4 is 5.32 Å². The van der Waals surface area contributed by atoms with Gasteiger partial charge in [-0.25, -0.2) is 0 Å². The van der Waals surface area contributed by atoms with Crippen LogP contribution in [0.5, 0.6) is 0 Å². The Morgan fingerprint density at radius 2 is 2.38 bits per heavy atom. The van der Waals surface area contributed by atoms with E-state index in [1.807, 2.05) is 11.7 Å². The molecule has 0 amide bonds. The molecule has 1 saturated carbocycles. The standard InChI is InChI=1S/C12H21N3O/c1-3-10-9(8-15(2)14-10)7-13-11-5-4-6-12(11)16/h8,11-13,16H,3-7H2,1-2H3/t11-,12-/m1/s1. The van der Waals surface area contributed by atoms with E-state index >= 15 is 0 Å². The molecule has 1 aromatic heterocycles. The Hall–Kier alpha value is -0.870. The zero-order valence-electron chi connectivity index (χ0n) is 10.1. The van der Waals surface area contributed by atoms with Crippen molar-refractivity contribution in [3.8, 4) is 0 Å². The summed E-state index contributed by atoms with van der Waals surface area (Å²) < 4.78 is 1.86. The topological polar surface area (TPSA) is 50.1 Å². The van der Waals surface area contributed by atoms with E-state index in [-0.39, 0.29) is 12.1 Å². The van der Waals surface area contributed by atoms with Crippen molar-refractivity contribution in [1.82, 2.24) is 15.1 Å². The number of aliphatic hydroxyl groups excluding tert-OH is 1. The van der Waals surface area contributed by atoms with Crippen LogP contribution in [0.2, 0.25) is 0 Å². The van der Waals surface area contributed by atoms with Crippen LogP contribution in [-0.4, -0.2) is 27.0 Å². The van der Waals surface area contributed by atoms with Crippen LogP contribution in [0.3, 0.4) is 0 Å². The highest BCUT2D eigenvalue weighted by molar-refractivity contribution is 5.16. The van der Waals surface area contributed by atoms with Gasteiger partial charge in [0.05, 0.1) is 11.8 Å². The molecule has 1 aromatic rings. The lowest BCUT2D eigenvalue weighted by Gasteiger charge is -2.15. The highest BCUT2D eigenvalue weighted by Gasteiger charge is 2.24. The van der Waals surface area contributed by atoms with Gasteiger partial charge in [-0.1, -0.05) is 6.92 Å². The van der Waals surface area contributed by atoms with Crippen molar-refractivity contribution in [2.45, 2.75) is 51.3 Å². The van der Waals surface area contributed by atoms with Crippen LogP contribution in [0.25, 0.3) is 0 Å². The molecule has 0 unspecified atom stereocenters. The fourth-order valence-electron chi connectivity index (χ4n) is 2.45. The van der Waals surface area contributed by atoms with Crippen molar-refractivity contribution in [3.63, 3.8) is 0 Å². The Labute approximate surface area is 96.7 Å². The van der Waals surface area contributed by atoms with E-state index in [0.29, 0.717) is 0 Å². The molecule has 0 radical (unpaired) electrons. The summed E-state index contributed by atoms with van der Waals surface area (Å²) in [6.07, 6.45) is 6.01. The number of aryl methyl sites for hydroxylation is 2. The summed E-state index contributed by atoms with van der Waals surface area (Å²) in [5, 5.41) is 17.6. The van der Waals surface area contributed by atoms with Gasteiger partial charge in [0.1, 0.15) is 0 Å². The van der Waals surface area contributed by atoms with E-state index in [1.165, 1.54) is 5.56 Å². The number of rotatable bonds is 4. The van der Waals surface area contributed by atoms with Crippen molar-refractivity contribution >= 4 is 0 Å². The summed E-state index contributed by atoms with van der Waals surface area (Å²) in [5.41, 5.74) is 2.41. The lowest BCUT2D eigenvalue weighted by molar-refractivity contribution is 0.148. The molecule has 4 nitrogen and oxygen atoms in total. The van der Waals surface area contributed by atoms with E-state index < -0.39 is 0 Å². The monoisotopic (exact) mass is 223 g/mol. The number of nitrogens with zero attached hydrogens (tertiary/aromatic N) is 2. The number of aliphatic hydroxyl groups is 1. The van der Waals surface area contributed by atoms with Crippen LogP contribution in [0.4, 0.5) is 0 Å².